The average Bonchev–Trinajstić information content (AvgIpc) is 3.11. The number of piperidine rings is 1. The van der Waals surface area contributed by atoms with E-state index in [0.717, 1.165) is 23.3 Å². The topological polar surface area (TPSA) is 41.6 Å². The number of thiocarbonyl (C=S) groups is 1. The van der Waals surface area contributed by atoms with Gasteiger partial charge in [0.05, 0.1) is 12.2 Å². The molecule has 1 saturated heterocycles. The third kappa shape index (κ3) is 3.02. The first-order valence-corrected chi connectivity index (χ1v) is 7.93. The molecule has 5 heteroatoms. The highest BCUT2D eigenvalue weighted by molar-refractivity contribution is 7.80. The maximum Gasteiger partial charge on any atom is 0.338 e. The summed E-state index contributed by atoms with van der Waals surface area (Å²) in [6.45, 7) is 3.27. The molecule has 0 aromatic heterocycles. The van der Waals surface area contributed by atoms with E-state index in [0.29, 0.717) is 18.2 Å². The van der Waals surface area contributed by atoms with E-state index in [2.05, 4.69) is 10.2 Å². The van der Waals surface area contributed by atoms with E-state index in [9.17, 15) is 4.79 Å². The third-order valence-corrected chi connectivity index (χ3v) is 4.65. The van der Waals surface area contributed by atoms with Crippen molar-refractivity contribution in [2.45, 2.75) is 32.2 Å². The van der Waals surface area contributed by atoms with Crippen LogP contribution < -0.4 is 5.32 Å². The van der Waals surface area contributed by atoms with Crippen LogP contribution in [-0.4, -0.2) is 35.2 Å². The van der Waals surface area contributed by atoms with E-state index >= 15 is 0 Å². The summed E-state index contributed by atoms with van der Waals surface area (Å²) in [5.41, 5.74) is 1.48. The number of benzene rings is 1. The van der Waals surface area contributed by atoms with Crippen molar-refractivity contribution < 1.29 is 9.53 Å². The van der Waals surface area contributed by atoms with E-state index in [1.807, 2.05) is 12.1 Å². The zero-order chi connectivity index (χ0) is 14.8. The van der Waals surface area contributed by atoms with Gasteiger partial charge in [-0.3, -0.25) is 0 Å². The van der Waals surface area contributed by atoms with Crippen molar-refractivity contribution in [3.8, 4) is 0 Å². The van der Waals surface area contributed by atoms with E-state index in [-0.39, 0.29) is 5.97 Å². The number of ether oxygens (including phenoxy) is 1. The number of hydrogen-bond acceptors (Lipinski definition) is 3. The zero-order valence-corrected chi connectivity index (χ0v) is 13.0. The van der Waals surface area contributed by atoms with Crippen molar-refractivity contribution in [3.63, 3.8) is 0 Å². The number of carbonyl (C=O) groups excluding carboxylic acids is 1. The molecule has 2 bridgehead atoms. The summed E-state index contributed by atoms with van der Waals surface area (Å²) in [6.07, 6.45) is 3.88. The minimum Gasteiger partial charge on any atom is -0.462 e. The van der Waals surface area contributed by atoms with Gasteiger partial charge in [-0.1, -0.05) is 0 Å². The van der Waals surface area contributed by atoms with Crippen LogP contribution in [0.3, 0.4) is 0 Å². The van der Waals surface area contributed by atoms with Crippen molar-refractivity contribution in [2.24, 2.45) is 5.92 Å². The molecule has 1 heterocycles. The molecule has 112 valence electrons. The van der Waals surface area contributed by atoms with Gasteiger partial charge in [-0.2, -0.15) is 0 Å². The standard InChI is InChI=1S/C16H20N2O2S/c1-2-20-15(19)12-4-6-13(7-5-12)17-16(21)18-10-11-3-8-14(18)9-11/h4-7,11,14H,2-3,8-10H2,1H3,(H,17,21)/t11-,14-/m1/s1. The molecule has 1 N–H and O–H groups in total. The lowest BCUT2D eigenvalue weighted by molar-refractivity contribution is 0.0526. The molecule has 1 aliphatic carbocycles. The Morgan fingerprint density at radius 2 is 2.14 bits per heavy atom. The van der Waals surface area contributed by atoms with Crippen LogP contribution in [0.4, 0.5) is 5.69 Å². The molecule has 0 spiro atoms. The number of rotatable bonds is 3. The molecule has 1 aromatic rings. The number of hydrogen-bond donors (Lipinski definition) is 1. The van der Waals surface area contributed by atoms with Crippen molar-refractivity contribution in [1.82, 2.24) is 4.90 Å². The van der Waals surface area contributed by atoms with Crippen LogP contribution in [0.5, 0.6) is 0 Å². The van der Waals surface area contributed by atoms with Gasteiger partial charge in [0, 0.05) is 18.3 Å². The predicted octanol–water partition coefficient (Wildman–Crippen LogP) is 3.04. The van der Waals surface area contributed by atoms with Crippen molar-refractivity contribution in [2.75, 3.05) is 18.5 Å². The molecule has 2 atom stereocenters. The Morgan fingerprint density at radius 1 is 1.38 bits per heavy atom. The number of nitrogens with zero attached hydrogens (tertiary/aromatic N) is 1. The van der Waals surface area contributed by atoms with Crippen molar-refractivity contribution >= 4 is 29.0 Å². The van der Waals surface area contributed by atoms with Gasteiger partial charge in [-0.25, -0.2) is 4.79 Å². The van der Waals surface area contributed by atoms with Gasteiger partial charge in [-0.05, 0) is 68.6 Å². The van der Waals surface area contributed by atoms with Crippen LogP contribution in [0.1, 0.15) is 36.5 Å². The van der Waals surface area contributed by atoms with Crippen molar-refractivity contribution in [1.29, 1.82) is 0 Å². The minimum absolute atomic E-state index is 0.288. The normalized spacial score (nSPS) is 23.2. The van der Waals surface area contributed by atoms with Gasteiger partial charge in [0.2, 0.25) is 0 Å². The summed E-state index contributed by atoms with van der Waals surface area (Å²) in [5.74, 6) is 0.532. The molecule has 1 aromatic carbocycles. The quantitative estimate of drug-likeness (QED) is 0.686. The predicted molar refractivity (Wildman–Crippen MR) is 86.5 cm³/mol. The second kappa shape index (κ2) is 6.02. The van der Waals surface area contributed by atoms with Gasteiger partial charge in [0.15, 0.2) is 5.11 Å². The first-order valence-electron chi connectivity index (χ1n) is 7.52. The maximum absolute atomic E-state index is 11.6. The Balaban J connectivity index is 1.60. The smallest absolute Gasteiger partial charge is 0.338 e. The summed E-state index contributed by atoms with van der Waals surface area (Å²) >= 11 is 5.51. The second-order valence-electron chi connectivity index (χ2n) is 5.71. The van der Waals surface area contributed by atoms with E-state index in [1.54, 1.807) is 19.1 Å². The lowest BCUT2D eigenvalue weighted by Crippen LogP contribution is -2.40. The summed E-state index contributed by atoms with van der Waals surface area (Å²) < 4.78 is 4.97. The highest BCUT2D eigenvalue weighted by Crippen LogP contribution is 2.37. The van der Waals surface area contributed by atoms with Crippen LogP contribution in [-0.2, 0) is 4.74 Å². The summed E-state index contributed by atoms with van der Waals surface area (Å²) in [5, 5.41) is 4.07. The Hall–Kier alpha value is -1.62. The van der Waals surface area contributed by atoms with Gasteiger partial charge < -0.3 is 15.0 Å². The molecule has 1 saturated carbocycles. The van der Waals surface area contributed by atoms with Gasteiger partial charge in [0.1, 0.15) is 0 Å². The van der Waals surface area contributed by atoms with Crippen LogP contribution in [0.15, 0.2) is 24.3 Å². The molecule has 0 radical (unpaired) electrons. The summed E-state index contributed by atoms with van der Waals surface area (Å²) in [7, 11) is 0. The summed E-state index contributed by atoms with van der Waals surface area (Å²) in [6, 6.07) is 7.88. The van der Waals surface area contributed by atoms with Crippen LogP contribution >= 0.6 is 12.2 Å². The molecular weight excluding hydrogens is 284 g/mol. The minimum atomic E-state index is -0.288. The first kappa shape index (κ1) is 14.3. The third-order valence-electron chi connectivity index (χ3n) is 4.32. The number of anilines is 1. The van der Waals surface area contributed by atoms with Gasteiger partial charge in [-0.15, -0.1) is 0 Å². The largest absolute Gasteiger partial charge is 0.462 e. The van der Waals surface area contributed by atoms with E-state index in [4.69, 9.17) is 17.0 Å². The first-order chi connectivity index (χ1) is 10.2. The van der Waals surface area contributed by atoms with Crippen LogP contribution in [0.2, 0.25) is 0 Å². The Bertz CT molecular complexity index is 544. The molecule has 4 nitrogen and oxygen atoms in total. The van der Waals surface area contributed by atoms with E-state index < -0.39 is 0 Å². The monoisotopic (exact) mass is 304 g/mol. The molecule has 2 fully saturated rings. The molecule has 0 amide bonds. The fourth-order valence-corrected chi connectivity index (χ4v) is 3.61. The molecular formula is C16H20N2O2S. The number of fused-ring (bicyclic) bond motifs is 2. The lowest BCUT2D eigenvalue weighted by Gasteiger charge is -2.29. The van der Waals surface area contributed by atoms with Crippen molar-refractivity contribution in [3.05, 3.63) is 29.8 Å². The Labute approximate surface area is 130 Å². The highest BCUT2D eigenvalue weighted by Gasteiger charge is 2.38. The number of esters is 1. The highest BCUT2D eigenvalue weighted by atomic mass is 32.1. The Morgan fingerprint density at radius 3 is 2.71 bits per heavy atom. The number of carbonyl (C=O) groups is 1. The number of nitrogens with one attached hydrogen (secondary N) is 1. The molecule has 3 rings (SSSR count). The molecule has 2 aliphatic rings. The van der Waals surface area contributed by atoms with Gasteiger partial charge >= 0.3 is 5.97 Å². The number of likely N-dealkylation sites (tertiary alicyclic amines) is 1. The SMILES string of the molecule is CCOC(=O)c1ccc(NC(=S)N2C[C@@H]3CC[C@@H]2C3)cc1. The summed E-state index contributed by atoms with van der Waals surface area (Å²) in [4.78, 5) is 13.9. The Kier molecular flexibility index (Phi) is 4.10. The lowest BCUT2D eigenvalue weighted by atomic mass is 10.1. The van der Waals surface area contributed by atoms with Gasteiger partial charge in [0.25, 0.3) is 0 Å². The average molecular weight is 304 g/mol. The zero-order valence-electron chi connectivity index (χ0n) is 12.2. The van der Waals surface area contributed by atoms with Crippen LogP contribution in [0.25, 0.3) is 0 Å². The van der Waals surface area contributed by atoms with Crippen LogP contribution in [0, 0.1) is 5.92 Å². The fourth-order valence-electron chi connectivity index (χ4n) is 3.27. The molecule has 1 aliphatic heterocycles. The second-order valence-corrected chi connectivity index (χ2v) is 6.10. The van der Waals surface area contributed by atoms with E-state index in [1.165, 1.54) is 19.3 Å². The molecule has 21 heavy (non-hydrogen) atoms. The maximum atomic E-state index is 11.6. The molecule has 0 unspecified atom stereocenters. The fraction of sp³-hybridized carbons (Fsp3) is 0.500.